The third kappa shape index (κ3) is 4.79. The third-order valence-corrected chi connectivity index (χ3v) is 2.53. The number of aliphatic hydroxyl groups excluding tert-OH is 1. The van der Waals surface area contributed by atoms with E-state index in [2.05, 4.69) is 44.9 Å². The van der Waals surface area contributed by atoms with E-state index in [0.717, 1.165) is 23.1 Å². The third-order valence-electron chi connectivity index (χ3n) is 2.53. The van der Waals surface area contributed by atoms with E-state index in [1.165, 1.54) is 5.56 Å². The molecule has 1 aromatic rings. The maximum absolute atomic E-state index is 8.93. The van der Waals surface area contributed by atoms with Crippen molar-refractivity contribution in [3.8, 4) is 0 Å². The van der Waals surface area contributed by atoms with Gasteiger partial charge in [-0.3, -0.25) is 0 Å². The standard InChI is InChI=1S/C13H20NO.ClH/c1-4-12-5-7-13(8-6-12)11-14(2,3)9-10-15;/h4-8,15H,1,9-11H2,2-3H3;1H/q+1;/p-1. The Labute approximate surface area is 104 Å². The minimum atomic E-state index is 0. The number of nitrogens with zero attached hydrogens (tertiary/aromatic N) is 1. The molecule has 0 radical (unpaired) electrons. The van der Waals surface area contributed by atoms with Crippen molar-refractivity contribution >= 4 is 6.08 Å². The van der Waals surface area contributed by atoms with Gasteiger partial charge in [0.2, 0.25) is 0 Å². The molecule has 0 saturated heterocycles. The number of quaternary nitrogens is 1. The van der Waals surface area contributed by atoms with Gasteiger partial charge in [-0.1, -0.05) is 36.9 Å². The number of aliphatic hydroxyl groups is 1. The first-order valence-corrected chi connectivity index (χ1v) is 5.21. The van der Waals surface area contributed by atoms with Crippen LogP contribution >= 0.6 is 0 Å². The van der Waals surface area contributed by atoms with Crippen LogP contribution in [0.3, 0.4) is 0 Å². The Hall–Kier alpha value is -0.830. The molecule has 0 unspecified atom stereocenters. The molecular weight excluding hydrogens is 222 g/mol. The number of benzene rings is 1. The van der Waals surface area contributed by atoms with E-state index in [1.54, 1.807) is 0 Å². The van der Waals surface area contributed by atoms with E-state index in [-0.39, 0.29) is 19.0 Å². The molecule has 16 heavy (non-hydrogen) atoms. The summed E-state index contributed by atoms with van der Waals surface area (Å²) in [6.45, 7) is 5.68. The van der Waals surface area contributed by atoms with Crippen LogP contribution < -0.4 is 12.4 Å². The van der Waals surface area contributed by atoms with Crippen LogP contribution in [-0.4, -0.2) is 36.8 Å². The Morgan fingerprint density at radius 2 is 1.81 bits per heavy atom. The van der Waals surface area contributed by atoms with Gasteiger partial charge in [0.05, 0.1) is 20.7 Å². The fourth-order valence-electron chi connectivity index (χ4n) is 1.60. The highest BCUT2D eigenvalue weighted by molar-refractivity contribution is 5.47. The molecule has 0 amide bonds. The van der Waals surface area contributed by atoms with E-state index in [9.17, 15) is 0 Å². The van der Waals surface area contributed by atoms with E-state index < -0.39 is 0 Å². The van der Waals surface area contributed by atoms with Crippen LogP contribution in [0.15, 0.2) is 30.8 Å². The summed E-state index contributed by atoms with van der Waals surface area (Å²) in [7, 11) is 4.25. The number of halogens is 1. The highest BCUT2D eigenvalue weighted by Gasteiger charge is 2.14. The van der Waals surface area contributed by atoms with Crippen LogP contribution in [0.2, 0.25) is 0 Å². The summed E-state index contributed by atoms with van der Waals surface area (Å²) in [4.78, 5) is 0. The molecule has 1 N–H and O–H groups in total. The largest absolute Gasteiger partial charge is 1.00 e. The fourth-order valence-corrected chi connectivity index (χ4v) is 1.60. The number of rotatable bonds is 5. The normalized spacial score (nSPS) is 10.7. The Kier molecular flexibility index (Phi) is 6.34. The first-order valence-electron chi connectivity index (χ1n) is 5.21. The number of hydrogen-bond acceptors (Lipinski definition) is 1. The van der Waals surface area contributed by atoms with E-state index >= 15 is 0 Å². The zero-order valence-corrected chi connectivity index (χ0v) is 10.7. The lowest BCUT2D eigenvalue weighted by molar-refractivity contribution is -0.903. The molecule has 0 aliphatic carbocycles. The Bertz CT molecular complexity index is 319. The molecule has 0 atom stereocenters. The van der Waals surface area contributed by atoms with E-state index in [4.69, 9.17) is 5.11 Å². The number of hydrogen-bond donors (Lipinski definition) is 1. The van der Waals surface area contributed by atoms with Crippen LogP contribution in [0.5, 0.6) is 0 Å². The predicted molar refractivity (Wildman–Crippen MR) is 64.3 cm³/mol. The van der Waals surface area contributed by atoms with Crippen molar-refractivity contribution in [3.05, 3.63) is 42.0 Å². The van der Waals surface area contributed by atoms with Gasteiger partial charge in [0.1, 0.15) is 13.1 Å². The SMILES string of the molecule is C=Cc1ccc(C[N+](C)(C)CCO)cc1.[Cl-]. The molecule has 0 fully saturated rings. The summed E-state index contributed by atoms with van der Waals surface area (Å²) in [6.07, 6.45) is 1.84. The smallest absolute Gasteiger partial charge is 0.104 e. The van der Waals surface area contributed by atoms with Crippen molar-refractivity contribution in [1.29, 1.82) is 0 Å². The van der Waals surface area contributed by atoms with Gasteiger partial charge in [-0.2, -0.15) is 0 Å². The van der Waals surface area contributed by atoms with Gasteiger partial charge in [-0.25, -0.2) is 0 Å². The highest BCUT2D eigenvalue weighted by atomic mass is 35.5. The molecule has 0 bridgehead atoms. The summed E-state index contributed by atoms with van der Waals surface area (Å²) >= 11 is 0. The molecule has 2 nitrogen and oxygen atoms in total. The average Bonchev–Trinajstić information content (AvgIpc) is 2.18. The lowest BCUT2D eigenvalue weighted by Crippen LogP contribution is -3.00. The predicted octanol–water partition coefficient (Wildman–Crippen LogP) is -1.10. The molecule has 0 aliphatic heterocycles. The zero-order valence-electron chi connectivity index (χ0n) is 9.99. The van der Waals surface area contributed by atoms with Crippen molar-refractivity contribution in [3.63, 3.8) is 0 Å². The second-order valence-electron chi connectivity index (χ2n) is 4.49. The Balaban J connectivity index is 0.00000225. The molecule has 90 valence electrons. The minimum absolute atomic E-state index is 0. The van der Waals surface area contributed by atoms with Crippen molar-refractivity contribution in [2.75, 3.05) is 27.2 Å². The lowest BCUT2D eigenvalue weighted by atomic mass is 10.1. The number of likely N-dealkylation sites (N-methyl/N-ethyl adjacent to an activating group) is 1. The monoisotopic (exact) mass is 241 g/mol. The van der Waals surface area contributed by atoms with E-state index in [0.29, 0.717) is 0 Å². The van der Waals surface area contributed by atoms with Gasteiger partial charge in [-0.05, 0) is 5.56 Å². The van der Waals surface area contributed by atoms with E-state index in [1.807, 2.05) is 6.08 Å². The summed E-state index contributed by atoms with van der Waals surface area (Å²) in [5.74, 6) is 0. The van der Waals surface area contributed by atoms with Crippen molar-refractivity contribution < 1.29 is 22.0 Å². The zero-order chi connectivity index (χ0) is 11.3. The average molecular weight is 242 g/mol. The molecule has 1 aromatic carbocycles. The van der Waals surface area contributed by atoms with Crippen LogP contribution in [0.1, 0.15) is 11.1 Å². The quantitative estimate of drug-likeness (QED) is 0.650. The van der Waals surface area contributed by atoms with Crippen molar-refractivity contribution in [1.82, 2.24) is 0 Å². The molecule has 0 aromatic heterocycles. The first kappa shape index (κ1) is 15.2. The highest BCUT2D eigenvalue weighted by Crippen LogP contribution is 2.11. The van der Waals surface area contributed by atoms with Crippen LogP contribution in [0.4, 0.5) is 0 Å². The summed E-state index contributed by atoms with van der Waals surface area (Å²) < 4.78 is 0.809. The van der Waals surface area contributed by atoms with Gasteiger partial charge in [0, 0.05) is 5.56 Å². The second-order valence-corrected chi connectivity index (χ2v) is 4.49. The first-order chi connectivity index (χ1) is 7.07. The van der Waals surface area contributed by atoms with Crippen molar-refractivity contribution in [2.45, 2.75) is 6.54 Å². The lowest BCUT2D eigenvalue weighted by Gasteiger charge is -2.29. The van der Waals surface area contributed by atoms with Crippen LogP contribution in [-0.2, 0) is 6.54 Å². The topological polar surface area (TPSA) is 20.2 Å². The van der Waals surface area contributed by atoms with Gasteiger partial charge < -0.3 is 22.0 Å². The Morgan fingerprint density at radius 3 is 2.25 bits per heavy atom. The molecule has 0 heterocycles. The summed E-state index contributed by atoms with van der Waals surface area (Å²) in [5.41, 5.74) is 2.44. The maximum Gasteiger partial charge on any atom is 0.104 e. The van der Waals surface area contributed by atoms with Crippen molar-refractivity contribution in [2.24, 2.45) is 0 Å². The second kappa shape index (κ2) is 6.69. The minimum Gasteiger partial charge on any atom is -1.00 e. The molecule has 0 spiro atoms. The van der Waals surface area contributed by atoms with Crippen LogP contribution in [0, 0.1) is 0 Å². The molecule has 3 heteroatoms. The molecular formula is C13H20ClNO. The fraction of sp³-hybridized carbons (Fsp3) is 0.385. The van der Waals surface area contributed by atoms with Gasteiger partial charge in [-0.15, -0.1) is 0 Å². The van der Waals surface area contributed by atoms with Gasteiger partial charge in [0.15, 0.2) is 0 Å². The van der Waals surface area contributed by atoms with Gasteiger partial charge in [0.25, 0.3) is 0 Å². The maximum atomic E-state index is 8.93. The summed E-state index contributed by atoms with van der Waals surface area (Å²) in [5, 5.41) is 8.93. The summed E-state index contributed by atoms with van der Waals surface area (Å²) in [6, 6.07) is 8.38. The molecule has 0 aliphatic rings. The van der Waals surface area contributed by atoms with Crippen LogP contribution in [0.25, 0.3) is 6.08 Å². The molecule has 1 rings (SSSR count). The van der Waals surface area contributed by atoms with Gasteiger partial charge >= 0.3 is 0 Å². The Morgan fingerprint density at radius 1 is 1.25 bits per heavy atom. The molecule has 0 saturated carbocycles.